The van der Waals surface area contributed by atoms with E-state index in [0.29, 0.717) is 11.8 Å². The van der Waals surface area contributed by atoms with Gasteiger partial charge in [-0.1, -0.05) is 13.8 Å². The Morgan fingerprint density at radius 3 is 1.48 bits per heavy atom. The molecule has 0 N–H and O–H groups in total. The van der Waals surface area contributed by atoms with Gasteiger partial charge in [0.05, 0.1) is 11.3 Å². The van der Waals surface area contributed by atoms with Gasteiger partial charge in [-0.25, -0.2) is 0 Å². The van der Waals surface area contributed by atoms with Crippen molar-refractivity contribution in [2.24, 2.45) is 130 Å². The van der Waals surface area contributed by atoms with Crippen molar-refractivity contribution in [2.75, 3.05) is 0 Å². The minimum Gasteiger partial charge on any atom is -0.462 e. The standard InChI is InChI=1S/C44H62O4/c1-4-44(3,43(46)48-33-16-25-14-27(33)41-31-18-29(39(25)41)35-21-6-8-23(12-21)37(31)35)10-9-19(2)42(45)47-32-15-24-13-26(32)40-30-17-28(38(24)40)34-20-5-7-22(11-20)36(30)34/h19-41H,4-18H2,1-3H3. The van der Waals surface area contributed by atoms with Gasteiger partial charge in [0.25, 0.3) is 0 Å². The molecule has 12 rings (SSSR count). The van der Waals surface area contributed by atoms with Crippen molar-refractivity contribution in [3.05, 3.63) is 0 Å². The summed E-state index contributed by atoms with van der Waals surface area (Å²) in [6.07, 6.45) is 19.6. The summed E-state index contributed by atoms with van der Waals surface area (Å²) in [4.78, 5) is 27.6. The second-order valence-electron chi connectivity index (χ2n) is 21.5. The summed E-state index contributed by atoms with van der Waals surface area (Å²) in [5.74, 6) is 18.7. The minimum atomic E-state index is -0.514. The molecule has 12 bridgehead atoms. The van der Waals surface area contributed by atoms with E-state index in [1.165, 1.54) is 51.4 Å². The van der Waals surface area contributed by atoms with E-state index >= 15 is 0 Å². The third-order valence-electron chi connectivity index (χ3n) is 20.6. The maximum absolute atomic E-state index is 14.0. The molecule has 0 heterocycles. The zero-order chi connectivity index (χ0) is 32.0. The summed E-state index contributed by atoms with van der Waals surface area (Å²) in [6, 6.07) is 0. The van der Waals surface area contributed by atoms with Crippen LogP contribution in [0.2, 0.25) is 0 Å². The molecule has 0 radical (unpaired) electrons. The van der Waals surface area contributed by atoms with Gasteiger partial charge in [0.2, 0.25) is 0 Å². The monoisotopic (exact) mass is 654 g/mol. The second-order valence-corrected chi connectivity index (χ2v) is 21.5. The van der Waals surface area contributed by atoms with E-state index in [0.717, 1.165) is 139 Å². The normalized spacial score (nSPS) is 60.7. The lowest BCUT2D eigenvalue weighted by molar-refractivity contribution is -0.168. The second kappa shape index (κ2) is 9.87. The predicted molar refractivity (Wildman–Crippen MR) is 182 cm³/mol. The molecule has 4 heteroatoms. The van der Waals surface area contributed by atoms with Gasteiger partial charge in [0.1, 0.15) is 12.2 Å². The van der Waals surface area contributed by atoms with E-state index in [4.69, 9.17) is 9.47 Å². The van der Waals surface area contributed by atoms with Crippen LogP contribution in [0, 0.1) is 130 Å². The Morgan fingerprint density at radius 2 is 1.00 bits per heavy atom. The molecule has 12 aliphatic carbocycles. The van der Waals surface area contributed by atoms with Crippen molar-refractivity contribution < 1.29 is 19.1 Å². The van der Waals surface area contributed by atoms with E-state index in [1.807, 2.05) is 0 Å². The van der Waals surface area contributed by atoms with Gasteiger partial charge in [-0.05, 0) is 222 Å². The molecular weight excluding hydrogens is 592 g/mol. The summed E-state index contributed by atoms with van der Waals surface area (Å²) >= 11 is 0. The highest BCUT2D eigenvalue weighted by Gasteiger charge is 2.73. The first-order chi connectivity index (χ1) is 23.3. The molecule has 0 spiro atoms. The van der Waals surface area contributed by atoms with E-state index in [9.17, 15) is 9.59 Å². The Balaban J connectivity index is 0.669. The number of esters is 2. The molecular formula is C44H62O4. The van der Waals surface area contributed by atoms with E-state index in [2.05, 4.69) is 20.8 Å². The molecule has 262 valence electrons. The highest BCUT2D eigenvalue weighted by Crippen LogP contribution is 2.78. The summed E-state index contributed by atoms with van der Waals surface area (Å²) in [6.45, 7) is 6.33. The average Bonchev–Trinajstić information content (AvgIpc) is 3.94. The molecule has 24 atom stereocenters. The Bertz CT molecular complexity index is 1410. The van der Waals surface area contributed by atoms with Crippen LogP contribution in [0.4, 0.5) is 0 Å². The SMILES string of the molecule is CCC(C)(CCC(C)C(=O)OC1CC2CC1C1C3CC(C4C5CCC(C5)C34)C21)C(=O)OC1CC2CC1C1C3CC(C4C5CCC(C5)C34)C21. The van der Waals surface area contributed by atoms with Crippen molar-refractivity contribution in [1.29, 1.82) is 0 Å². The van der Waals surface area contributed by atoms with Crippen molar-refractivity contribution in [1.82, 2.24) is 0 Å². The molecule has 12 fully saturated rings. The van der Waals surface area contributed by atoms with Gasteiger partial charge in [0, 0.05) is 0 Å². The van der Waals surface area contributed by atoms with Crippen LogP contribution in [-0.2, 0) is 19.1 Å². The Morgan fingerprint density at radius 1 is 0.562 bits per heavy atom. The summed E-state index contributed by atoms with van der Waals surface area (Å²) < 4.78 is 13.0. The first-order valence-electron chi connectivity index (χ1n) is 21.7. The van der Waals surface area contributed by atoms with Gasteiger partial charge in [-0.3, -0.25) is 9.59 Å². The van der Waals surface area contributed by atoms with Crippen molar-refractivity contribution in [2.45, 2.75) is 129 Å². The van der Waals surface area contributed by atoms with Crippen LogP contribution in [0.25, 0.3) is 0 Å². The first kappa shape index (κ1) is 29.5. The lowest BCUT2D eigenvalue weighted by Gasteiger charge is -2.47. The van der Waals surface area contributed by atoms with Crippen molar-refractivity contribution >= 4 is 11.9 Å². The Labute approximate surface area is 289 Å². The van der Waals surface area contributed by atoms with Crippen LogP contribution in [0.15, 0.2) is 0 Å². The third-order valence-corrected chi connectivity index (χ3v) is 20.6. The van der Waals surface area contributed by atoms with Crippen LogP contribution in [0.1, 0.15) is 117 Å². The van der Waals surface area contributed by atoms with Gasteiger partial charge in [-0.15, -0.1) is 0 Å². The van der Waals surface area contributed by atoms with Gasteiger partial charge in [-0.2, -0.15) is 0 Å². The van der Waals surface area contributed by atoms with Crippen LogP contribution in [0.3, 0.4) is 0 Å². The molecule has 0 amide bonds. The fourth-order valence-electron chi connectivity index (χ4n) is 19.4. The molecule has 12 aliphatic rings. The number of ether oxygens (including phenoxy) is 2. The molecule has 24 unspecified atom stereocenters. The van der Waals surface area contributed by atoms with Crippen LogP contribution < -0.4 is 0 Å². The number of carbonyl (C=O) groups is 2. The van der Waals surface area contributed by atoms with Crippen molar-refractivity contribution in [3.8, 4) is 0 Å². The van der Waals surface area contributed by atoms with Crippen LogP contribution >= 0.6 is 0 Å². The molecule has 4 nitrogen and oxygen atoms in total. The fraction of sp³-hybridized carbons (Fsp3) is 0.955. The molecule has 0 aliphatic heterocycles. The van der Waals surface area contributed by atoms with E-state index in [1.54, 1.807) is 12.8 Å². The smallest absolute Gasteiger partial charge is 0.312 e. The maximum atomic E-state index is 14.0. The molecule has 48 heavy (non-hydrogen) atoms. The van der Waals surface area contributed by atoms with Gasteiger partial charge >= 0.3 is 11.9 Å². The van der Waals surface area contributed by atoms with Crippen LogP contribution in [-0.4, -0.2) is 24.1 Å². The Kier molecular flexibility index (Phi) is 6.07. The summed E-state index contributed by atoms with van der Waals surface area (Å²) in [5.41, 5.74) is -0.514. The summed E-state index contributed by atoms with van der Waals surface area (Å²) in [7, 11) is 0. The average molecular weight is 655 g/mol. The maximum Gasteiger partial charge on any atom is 0.312 e. The number of carbonyl (C=O) groups excluding carboxylic acids is 2. The molecule has 0 aromatic rings. The number of fused-ring (bicyclic) bond motifs is 32. The minimum absolute atomic E-state index is 0.00576. The molecule has 0 saturated heterocycles. The first-order valence-corrected chi connectivity index (χ1v) is 21.7. The number of hydrogen-bond acceptors (Lipinski definition) is 4. The largest absolute Gasteiger partial charge is 0.462 e. The lowest BCUT2D eigenvalue weighted by atomic mass is 9.59. The predicted octanol–water partition coefficient (Wildman–Crippen LogP) is 8.81. The quantitative estimate of drug-likeness (QED) is 0.194. The zero-order valence-corrected chi connectivity index (χ0v) is 30.0. The van der Waals surface area contributed by atoms with Gasteiger partial charge in [0.15, 0.2) is 0 Å². The topological polar surface area (TPSA) is 52.6 Å². The van der Waals surface area contributed by atoms with E-state index in [-0.39, 0.29) is 30.1 Å². The number of rotatable bonds is 8. The zero-order valence-electron chi connectivity index (χ0n) is 30.0. The lowest BCUT2D eigenvalue weighted by Crippen LogP contribution is -2.45. The fourth-order valence-corrected chi connectivity index (χ4v) is 19.4. The molecule has 0 aromatic carbocycles. The molecule has 12 saturated carbocycles. The highest BCUT2D eigenvalue weighted by atomic mass is 16.5. The van der Waals surface area contributed by atoms with E-state index < -0.39 is 5.41 Å². The highest BCUT2D eigenvalue weighted by molar-refractivity contribution is 5.77. The van der Waals surface area contributed by atoms with Gasteiger partial charge < -0.3 is 9.47 Å². The summed E-state index contributed by atoms with van der Waals surface area (Å²) in [5, 5.41) is 0. The number of hydrogen-bond donors (Lipinski definition) is 0. The molecule has 0 aromatic heterocycles. The van der Waals surface area contributed by atoms with Crippen LogP contribution in [0.5, 0.6) is 0 Å². The third kappa shape index (κ3) is 3.57. The Hall–Kier alpha value is -1.06. The van der Waals surface area contributed by atoms with Crippen molar-refractivity contribution in [3.63, 3.8) is 0 Å².